The maximum absolute atomic E-state index is 6.04. The number of aryl methyl sites for hydroxylation is 1. The molecular formula is C12H18N2OS. The second-order valence-electron chi connectivity index (χ2n) is 4.19. The second-order valence-corrected chi connectivity index (χ2v) is 5.22. The molecule has 88 valence electrons. The first-order valence-corrected chi connectivity index (χ1v) is 6.60. The van der Waals surface area contributed by atoms with E-state index in [2.05, 4.69) is 6.92 Å². The van der Waals surface area contributed by atoms with Crippen LogP contribution in [0.4, 0.5) is 11.4 Å². The van der Waals surface area contributed by atoms with Crippen molar-refractivity contribution in [1.29, 1.82) is 0 Å². The predicted molar refractivity (Wildman–Crippen MR) is 70.1 cm³/mol. The van der Waals surface area contributed by atoms with Crippen LogP contribution >= 0.6 is 11.8 Å². The van der Waals surface area contributed by atoms with Gasteiger partial charge in [-0.05, 0) is 25.0 Å². The largest absolute Gasteiger partial charge is 0.486 e. The van der Waals surface area contributed by atoms with Crippen molar-refractivity contribution in [3.8, 4) is 5.75 Å². The number of nitrogen functional groups attached to an aromatic ring is 2. The van der Waals surface area contributed by atoms with E-state index in [1.54, 1.807) is 11.8 Å². The van der Waals surface area contributed by atoms with E-state index in [-0.39, 0.29) is 6.10 Å². The average molecular weight is 238 g/mol. The summed E-state index contributed by atoms with van der Waals surface area (Å²) >= 11 is 1.76. The summed E-state index contributed by atoms with van der Waals surface area (Å²) in [5.41, 5.74) is 14.6. The highest BCUT2D eigenvalue weighted by atomic mass is 32.2. The highest BCUT2D eigenvalue weighted by Crippen LogP contribution is 2.45. The van der Waals surface area contributed by atoms with E-state index in [0.717, 1.165) is 40.5 Å². The van der Waals surface area contributed by atoms with Crippen molar-refractivity contribution in [3.63, 3.8) is 0 Å². The monoisotopic (exact) mass is 238 g/mol. The summed E-state index contributed by atoms with van der Waals surface area (Å²) in [5.74, 6) is 1.76. The standard InChI is InChI=1S/C12H18N2OS/c1-3-4-8-6-16-12-10(14)7(2)5-9(13)11(12)15-8/h5,8H,3-4,6,13-14H2,1-2H3. The molecule has 3 nitrogen and oxygen atoms in total. The number of anilines is 2. The second kappa shape index (κ2) is 4.45. The number of thioether (sulfide) groups is 1. The molecule has 1 aliphatic rings. The predicted octanol–water partition coefficient (Wildman–Crippen LogP) is 2.81. The van der Waals surface area contributed by atoms with Crippen LogP contribution in [0.15, 0.2) is 11.0 Å². The molecule has 0 radical (unpaired) electrons. The van der Waals surface area contributed by atoms with Gasteiger partial charge in [0.05, 0.1) is 16.3 Å². The lowest BCUT2D eigenvalue weighted by molar-refractivity contribution is 0.206. The maximum atomic E-state index is 6.04. The molecule has 16 heavy (non-hydrogen) atoms. The van der Waals surface area contributed by atoms with Gasteiger partial charge in [0.15, 0.2) is 5.75 Å². The normalized spacial score (nSPS) is 19.0. The molecule has 1 aromatic carbocycles. The molecular weight excluding hydrogens is 220 g/mol. The lowest BCUT2D eigenvalue weighted by Gasteiger charge is -2.28. The van der Waals surface area contributed by atoms with Crippen molar-refractivity contribution >= 4 is 23.1 Å². The molecule has 0 aromatic heterocycles. The zero-order valence-electron chi connectivity index (χ0n) is 9.75. The summed E-state index contributed by atoms with van der Waals surface area (Å²) in [6.45, 7) is 4.14. The number of benzene rings is 1. The van der Waals surface area contributed by atoms with Gasteiger partial charge in [0, 0.05) is 5.75 Å². The Hall–Kier alpha value is -1.03. The smallest absolute Gasteiger partial charge is 0.158 e. The van der Waals surface area contributed by atoms with Gasteiger partial charge in [0.25, 0.3) is 0 Å². The fraction of sp³-hybridized carbons (Fsp3) is 0.500. The Kier molecular flexibility index (Phi) is 3.19. The van der Waals surface area contributed by atoms with E-state index < -0.39 is 0 Å². The zero-order chi connectivity index (χ0) is 11.7. The van der Waals surface area contributed by atoms with Gasteiger partial charge in [-0.1, -0.05) is 13.3 Å². The molecule has 0 saturated heterocycles. The van der Waals surface area contributed by atoms with Crippen LogP contribution in [0, 0.1) is 6.92 Å². The van der Waals surface area contributed by atoms with Crippen LogP contribution in [0.5, 0.6) is 5.75 Å². The number of fused-ring (bicyclic) bond motifs is 1. The molecule has 0 spiro atoms. The van der Waals surface area contributed by atoms with Crippen molar-refractivity contribution in [2.45, 2.75) is 37.7 Å². The minimum Gasteiger partial charge on any atom is -0.486 e. The van der Waals surface area contributed by atoms with Gasteiger partial charge in [-0.15, -0.1) is 11.8 Å². The molecule has 2 rings (SSSR count). The quantitative estimate of drug-likeness (QED) is 0.778. The molecule has 0 fully saturated rings. The zero-order valence-corrected chi connectivity index (χ0v) is 10.6. The molecule has 1 heterocycles. The van der Waals surface area contributed by atoms with Crippen molar-refractivity contribution in [2.24, 2.45) is 0 Å². The van der Waals surface area contributed by atoms with Crippen LogP contribution in [-0.4, -0.2) is 11.9 Å². The Morgan fingerprint density at radius 2 is 2.25 bits per heavy atom. The Morgan fingerprint density at radius 1 is 1.50 bits per heavy atom. The van der Waals surface area contributed by atoms with Gasteiger partial charge >= 0.3 is 0 Å². The number of nitrogens with two attached hydrogens (primary N) is 2. The van der Waals surface area contributed by atoms with Crippen LogP contribution in [-0.2, 0) is 0 Å². The first kappa shape index (κ1) is 11.5. The van der Waals surface area contributed by atoms with Gasteiger partial charge in [0.2, 0.25) is 0 Å². The number of hydrogen-bond acceptors (Lipinski definition) is 4. The SMILES string of the molecule is CCCC1CSc2c(N)c(C)cc(N)c2O1. The number of hydrogen-bond donors (Lipinski definition) is 2. The van der Waals surface area contributed by atoms with Gasteiger partial charge in [-0.25, -0.2) is 0 Å². The summed E-state index contributed by atoms with van der Waals surface area (Å²) in [5, 5.41) is 0. The minimum atomic E-state index is 0.270. The molecule has 1 aliphatic heterocycles. The van der Waals surface area contributed by atoms with Gasteiger partial charge in [-0.3, -0.25) is 0 Å². The highest BCUT2D eigenvalue weighted by Gasteiger charge is 2.24. The van der Waals surface area contributed by atoms with E-state index in [0.29, 0.717) is 5.69 Å². The Balaban J connectivity index is 2.35. The topological polar surface area (TPSA) is 61.3 Å². The summed E-state index contributed by atoms with van der Waals surface area (Å²) in [4.78, 5) is 1.02. The molecule has 1 atom stereocenters. The summed E-state index contributed by atoms with van der Waals surface area (Å²) < 4.78 is 5.91. The molecule has 0 bridgehead atoms. The lowest BCUT2D eigenvalue weighted by Crippen LogP contribution is -2.24. The van der Waals surface area contributed by atoms with E-state index in [1.807, 2.05) is 13.0 Å². The Labute approximate surface area is 101 Å². The molecule has 0 amide bonds. The maximum Gasteiger partial charge on any atom is 0.158 e. The fourth-order valence-corrected chi connectivity index (χ4v) is 3.12. The average Bonchev–Trinajstić information content (AvgIpc) is 2.27. The van der Waals surface area contributed by atoms with E-state index >= 15 is 0 Å². The van der Waals surface area contributed by atoms with Crippen LogP contribution in [0.25, 0.3) is 0 Å². The summed E-state index contributed by atoms with van der Waals surface area (Å²) in [6, 6.07) is 1.89. The van der Waals surface area contributed by atoms with Gasteiger partial charge in [-0.2, -0.15) is 0 Å². The Bertz CT molecular complexity index is 406. The first-order chi connectivity index (χ1) is 7.63. The van der Waals surface area contributed by atoms with Crippen molar-refractivity contribution in [3.05, 3.63) is 11.6 Å². The van der Waals surface area contributed by atoms with Crippen LogP contribution in [0.1, 0.15) is 25.3 Å². The van der Waals surface area contributed by atoms with Gasteiger partial charge < -0.3 is 16.2 Å². The highest BCUT2D eigenvalue weighted by molar-refractivity contribution is 7.99. The number of rotatable bonds is 2. The third-order valence-corrected chi connectivity index (χ3v) is 4.05. The van der Waals surface area contributed by atoms with Crippen LogP contribution < -0.4 is 16.2 Å². The van der Waals surface area contributed by atoms with Crippen LogP contribution in [0.2, 0.25) is 0 Å². The van der Waals surface area contributed by atoms with E-state index in [9.17, 15) is 0 Å². The van der Waals surface area contributed by atoms with E-state index in [4.69, 9.17) is 16.2 Å². The molecule has 4 N–H and O–H groups in total. The van der Waals surface area contributed by atoms with Crippen LogP contribution in [0.3, 0.4) is 0 Å². The summed E-state index contributed by atoms with van der Waals surface area (Å²) in [7, 11) is 0. The van der Waals surface area contributed by atoms with E-state index in [1.165, 1.54) is 0 Å². The minimum absolute atomic E-state index is 0.270. The number of ether oxygens (including phenoxy) is 1. The summed E-state index contributed by atoms with van der Waals surface area (Å²) in [6.07, 6.45) is 2.47. The Morgan fingerprint density at radius 3 is 2.94 bits per heavy atom. The van der Waals surface area contributed by atoms with Crippen molar-refractivity contribution in [1.82, 2.24) is 0 Å². The van der Waals surface area contributed by atoms with Crippen molar-refractivity contribution < 1.29 is 4.74 Å². The molecule has 0 aliphatic carbocycles. The van der Waals surface area contributed by atoms with Gasteiger partial charge in [0.1, 0.15) is 6.10 Å². The molecule has 0 saturated carbocycles. The third-order valence-electron chi connectivity index (χ3n) is 2.82. The lowest BCUT2D eigenvalue weighted by atomic mass is 10.1. The molecule has 1 aromatic rings. The first-order valence-electron chi connectivity index (χ1n) is 5.61. The van der Waals surface area contributed by atoms with Crippen molar-refractivity contribution in [2.75, 3.05) is 17.2 Å². The third kappa shape index (κ3) is 1.94. The molecule has 1 unspecified atom stereocenters. The molecule has 4 heteroatoms. The fourth-order valence-electron chi connectivity index (χ4n) is 1.92.